The summed E-state index contributed by atoms with van der Waals surface area (Å²) in [6.07, 6.45) is 8.17. The number of hydrogen-bond acceptors (Lipinski definition) is 2. The van der Waals surface area contributed by atoms with E-state index in [-0.39, 0.29) is 0 Å². The third kappa shape index (κ3) is 2.43. The van der Waals surface area contributed by atoms with Gasteiger partial charge in [0.2, 0.25) is 0 Å². The molecule has 16 heavy (non-hydrogen) atoms. The van der Waals surface area contributed by atoms with Crippen LogP contribution in [0, 0.1) is 11.8 Å². The molecule has 0 aromatic rings. The number of nitrogens with two attached hydrogens (primary N) is 1. The normalized spacial score (nSPS) is 38.8. The van der Waals surface area contributed by atoms with Crippen molar-refractivity contribution in [2.75, 3.05) is 19.6 Å². The summed E-state index contributed by atoms with van der Waals surface area (Å²) in [5.41, 5.74) is 6.48. The van der Waals surface area contributed by atoms with Gasteiger partial charge in [0.15, 0.2) is 0 Å². The first-order valence-corrected chi connectivity index (χ1v) is 7.11. The lowest BCUT2D eigenvalue weighted by Crippen LogP contribution is -2.57. The van der Waals surface area contributed by atoms with Gasteiger partial charge in [-0.2, -0.15) is 0 Å². The molecule has 2 rings (SSSR count). The van der Waals surface area contributed by atoms with E-state index in [4.69, 9.17) is 5.73 Å². The Kier molecular flexibility index (Phi) is 3.91. The minimum absolute atomic E-state index is 0.368. The van der Waals surface area contributed by atoms with Gasteiger partial charge >= 0.3 is 0 Å². The largest absolute Gasteiger partial charge is 0.329 e. The zero-order chi connectivity index (χ0) is 11.6. The van der Waals surface area contributed by atoms with E-state index >= 15 is 0 Å². The zero-order valence-electron chi connectivity index (χ0n) is 11.0. The van der Waals surface area contributed by atoms with Crippen LogP contribution in [-0.2, 0) is 0 Å². The smallest absolute Gasteiger partial charge is 0.0331 e. The second kappa shape index (κ2) is 5.05. The monoisotopic (exact) mass is 224 g/mol. The maximum absolute atomic E-state index is 6.11. The quantitative estimate of drug-likeness (QED) is 0.781. The lowest BCUT2D eigenvalue weighted by atomic mass is 9.75. The molecule has 0 radical (unpaired) electrons. The van der Waals surface area contributed by atoms with Crippen LogP contribution in [0.25, 0.3) is 0 Å². The number of piperidine rings is 1. The highest BCUT2D eigenvalue weighted by Crippen LogP contribution is 2.37. The minimum Gasteiger partial charge on any atom is -0.329 e. The summed E-state index contributed by atoms with van der Waals surface area (Å²) in [7, 11) is 0. The molecule has 0 bridgehead atoms. The van der Waals surface area contributed by atoms with Crippen molar-refractivity contribution in [3.63, 3.8) is 0 Å². The molecule has 0 aromatic heterocycles. The third-order valence-electron chi connectivity index (χ3n) is 5.04. The third-order valence-corrected chi connectivity index (χ3v) is 5.04. The molecule has 0 atom stereocenters. The van der Waals surface area contributed by atoms with Crippen LogP contribution in [0.5, 0.6) is 0 Å². The summed E-state index contributed by atoms with van der Waals surface area (Å²) in [6, 6.07) is 0. The Bertz CT molecular complexity index is 211. The van der Waals surface area contributed by atoms with Crippen molar-refractivity contribution < 1.29 is 0 Å². The van der Waals surface area contributed by atoms with Crippen molar-refractivity contribution in [3.8, 4) is 0 Å². The molecule has 0 unspecified atom stereocenters. The second-order valence-electron chi connectivity index (χ2n) is 6.28. The van der Waals surface area contributed by atoms with Crippen LogP contribution in [0.3, 0.4) is 0 Å². The molecule has 2 aliphatic rings. The van der Waals surface area contributed by atoms with Gasteiger partial charge in [-0.15, -0.1) is 0 Å². The van der Waals surface area contributed by atoms with Crippen LogP contribution in [0.4, 0.5) is 0 Å². The van der Waals surface area contributed by atoms with Gasteiger partial charge in [0.25, 0.3) is 0 Å². The van der Waals surface area contributed by atoms with Crippen LogP contribution in [0.2, 0.25) is 0 Å². The summed E-state index contributed by atoms with van der Waals surface area (Å²) in [5.74, 6) is 1.84. The van der Waals surface area contributed by atoms with Gasteiger partial charge in [0, 0.05) is 12.1 Å². The van der Waals surface area contributed by atoms with E-state index < -0.39 is 0 Å². The molecule has 0 aromatic carbocycles. The zero-order valence-corrected chi connectivity index (χ0v) is 11.0. The first-order valence-electron chi connectivity index (χ1n) is 7.11. The summed E-state index contributed by atoms with van der Waals surface area (Å²) in [5, 5.41) is 0. The fourth-order valence-electron chi connectivity index (χ4n) is 3.43. The second-order valence-corrected chi connectivity index (χ2v) is 6.28. The molecule has 1 aliphatic carbocycles. The maximum atomic E-state index is 6.11. The average molecular weight is 224 g/mol. The van der Waals surface area contributed by atoms with Crippen molar-refractivity contribution >= 4 is 0 Å². The predicted molar refractivity (Wildman–Crippen MR) is 69.4 cm³/mol. The van der Waals surface area contributed by atoms with Gasteiger partial charge in [0.1, 0.15) is 0 Å². The molecule has 1 saturated carbocycles. The molecule has 1 heterocycles. The van der Waals surface area contributed by atoms with Crippen LogP contribution >= 0.6 is 0 Å². The van der Waals surface area contributed by atoms with Crippen molar-refractivity contribution in [1.29, 1.82) is 0 Å². The molecule has 0 amide bonds. The Morgan fingerprint density at radius 2 is 1.50 bits per heavy atom. The Morgan fingerprint density at radius 1 is 1.00 bits per heavy atom. The SMILES string of the molecule is CC1CCN(C2(CN)CCC(C)CC2)CC1. The van der Waals surface area contributed by atoms with E-state index in [9.17, 15) is 0 Å². The molecule has 2 heteroatoms. The van der Waals surface area contributed by atoms with Gasteiger partial charge in [-0.25, -0.2) is 0 Å². The maximum Gasteiger partial charge on any atom is 0.0331 e. The topological polar surface area (TPSA) is 29.3 Å². The lowest BCUT2D eigenvalue weighted by Gasteiger charge is -2.49. The van der Waals surface area contributed by atoms with Gasteiger partial charge < -0.3 is 5.73 Å². The lowest BCUT2D eigenvalue weighted by molar-refractivity contribution is 0.0195. The molecule has 2 fully saturated rings. The van der Waals surface area contributed by atoms with E-state index in [0.29, 0.717) is 5.54 Å². The Balaban J connectivity index is 1.98. The van der Waals surface area contributed by atoms with Gasteiger partial charge in [-0.3, -0.25) is 4.90 Å². The first kappa shape index (κ1) is 12.4. The predicted octanol–water partition coefficient (Wildman–Crippen LogP) is 2.63. The van der Waals surface area contributed by atoms with E-state index in [1.165, 1.54) is 51.6 Å². The van der Waals surface area contributed by atoms with E-state index in [2.05, 4.69) is 18.7 Å². The fraction of sp³-hybridized carbons (Fsp3) is 1.00. The van der Waals surface area contributed by atoms with Crippen molar-refractivity contribution in [3.05, 3.63) is 0 Å². The molecule has 2 N–H and O–H groups in total. The first-order chi connectivity index (χ1) is 7.66. The summed E-state index contributed by atoms with van der Waals surface area (Å²) in [6.45, 7) is 8.21. The summed E-state index contributed by atoms with van der Waals surface area (Å²) >= 11 is 0. The summed E-state index contributed by atoms with van der Waals surface area (Å²) in [4.78, 5) is 2.72. The molecule has 94 valence electrons. The van der Waals surface area contributed by atoms with Crippen LogP contribution in [0.1, 0.15) is 52.4 Å². The fourth-order valence-corrected chi connectivity index (χ4v) is 3.43. The molecule has 2 nitrogen and oxygen atoms in total. The van der Waals surface area contributed by atoms with Crippen LogP contribution < -0.4 is 5.73 Å². The number of hydrogen-bond donors (Lipinski definition) is 1. The molecule has 1 saturated heterocycles. The standard InChI is InChI=1S/C14H28N2/c1-12-3-7-14(11-15,8-4-12)16-9-5-13(2)6-10-16/h12-13H,3-11,15H2,1-2H3. The van der Waals surface area contributed by atoms with E-state index in [0.717, 1.165) is 18.4 Å². The number of rotatable bonds is 2. The van der Waals surface area contributed by atoms with Gasteiger partial charge in [0.05, 0.1) is 0 Å². The van der Waals surface area contributed by atoms with Crippen LogP contribution in [-0.4, -0.2) is 30.1 Å². The number of nitrogens with zero attached hydrogens (tertiary/aromatic N) is 1. The number of likely N-dealkylation sites (tertiary alicyclic amines) is 1. The molecule has 1 aliphatic heterocycles. The highest BCUT2D eigenvalue weighted by Gasteiger charge is 2.39. The molecule has 0 spiro atoms. The highest BCUT2D eigenvalue weighted by molar-refractivity contribution is 4.96. The molecular formula is C14H28N2. The van der Waals surface area contributed by atoms with Gasteiger partial charge in [-0.1, -0.05) is 13.8 Å². The Hall–Kier alpha value is -0.0800. The summed E-state index contributed by atoms with van der Waals surface area (Å²) < 4.78 is 0. The highest BCUT2D eigenvalue weighted by atomic mass is 15.2. The van der Waals surface area contributed by atoms with E-state index in [1.807, 2.05) is 0 Å². The van der Waals surface area contributed by atoms with Crippen molar-refractivity contribution in [1.82, 2.24) is 4.90 Å². The van der Waals surface area contributed by atoms with Crippen LogP contribution in [0.15, 0.2) is 0 Å². The average Bonchev–Trinajstić information content (AvgIpc) is 2.32. The van der Waals surface area contributed by atoms with E-state index in [1.54, 1.807) is 0 Å². The minimum atomic E-state index is 0.368. The van der Waals surface area contributed by atoms with Crippen molar-refractivity contribution in [2.24, 2.45) is 17.6 Å². The molecular weight excluding hydrogens is 196 g/mol. The Labute approximate surface area is 101 Å². The van der Waals surface area contributed by atoms with Gasteiger partial charge in [-0.05, 0) is 63.5 Å². The Morgan fingerprint density at radius 3 is 2.00 bits per heavy atom. The van der Waals surface area contributed by atoms with Crippen molar-refractivity contribution in [2.45, 2.75) is 57.9 Å².